The maximum Gasteiger partial charge on any atom is 0.0630 e. The van der Waals surface area contributed by atoms with Crippen LogP contribution in [0.25, 0.3) is 0 Å². The van der Waals surface area contributed by atoms with Gasteiger partial charge in [-0.1, -0.05) is 23.8 Å². The Kier molecular flexibility index (Phi) is 4.58. The largest absolute Gasteiger partial charge is 0.303 e. The third-order valence-corrected chi connectivity index (χ3v) is 4.22. The molecule has 106 valence electrons. The number of nitrogens with two attached hydrogens (primary N) is 1. The van der Waals surface area contributed by atoms with E-state index in [9.17, 15) is 0 Å². The van der Waals surface area contributed by atoms with Crippen molar-refractivity contribution >= 4 is 0 Å². The van der Waals surface area contributed by atoms with Gasteiger partial charge in [-0.05, 0) is 39.1 Å². The zero-order valence-corrected chi connectivity index (χ0v) is 12.5. The molecule has 0 aliphatic carbocycles. The quantitative estimate of drug-likeness (QED) is 0.631. The van der Waals surface area contributed by atoms with Gasteiger partial charge in [-0.15, -0.1) is 0 Å². The molecule has 4 nitrogen and oxygen atoms in total. The molecule has 0 saturated carbocycles. The van der Waals surface area contributed by atoms with E-state index in [2.05, 4.69) is 61.4 Å². The average molecular weight is 262 g/mol. The summed E-state index contributed by atoms with van der Waals surface area (Å²) in [6.45, 7) is 7.54. The third-order valence-electron chi connectivity index (χ3n) is 4.22. The Morgan fingerprint density at radius 3 is 2.63 bits per heavy atom. The van der Waals surface area contributed by atoms with E-state index in [1.807, 2.05) is 0 Å². The summed E-state index contributed by atoms with van der Waals surface area (Å²) >= 11 is 0. The van der Waals surface area contributed by atoms with Crippen LogP contribution in [-0.2, 0) is 0 Å². The first-order valence-corrected chi connectivity index (χ1v) is 6.95. The lowest BCUT2D eigenvalue weighted by Gasteiger charge is -2.42. The predicted octanol–water partition coefficient (Wildman–Crippen LogP) is 1.05. The molecule has 4 heteroatoms. The molecule has 1 aliphatic rings. The summed E-state index contributed by atoms with van der Waals surface area (Å²) in [7, 11) is 4.36. The van der Waals surface area contributed by atoms with Crippen molar-refractivity contribution in [2.75, 3.05) is 33.7 Å². The van der Waals surface area contributed by atoms with Gasteiger partial charge in [0.1, 0.15) is 0 Å². The van der Waals surface area contributed by atoms with Gasteiger partial charge in [-0.3, -0.25) is 16.2 Å². The first kappa shape index (κ1) is 14.5. The van der Waals surface area contributed by atoms with Gasteiger partial charge in [0.15, 0.2) is 0 Å². The van der Waals surface area contributed by atoms with Crippen LogP contribution in [0.5, 0.6) is 0 Å². The van der Waals surface area contributed by atoms with E-state index in [1.54, 1.807) is 0 Å². The molecule has 2 rings (SSSR count). The molecule has 1 aromatic rings. The van der Waals surface area contributed by atoms with E-state index in [4.69, 9.17) is 5.84 Å². The highest BCUT2D eigenvalue weighted by Gasteiger charge is 2.30. The number of hydrazine groups is 1. The summed E-state index contributed by atoms with van der Waals surface area (Å²) in [5.74, 6) is 5.86. The third kappa shape index (κ3) is 3.15. The Bertz CT molecular complexity index is 432. The fourth-order valence-corrected chi connectivity index (χ4v) is 2.99. The molecular formula is C15H26N4. The van der Waals surface area contributed by atoms with Crippen LogP contribution in [0.15, 0.2) is 18.2 Å². The maximum atomic E-state index is 5.86. The van der Waals surface area contributed by atoms with Crippen LogP contribution in [0, 0.1) is 13.8 Å². The highest BCUT2D eigenvalue weighted by atomic mass is 15.3. The molecule has 0 spiro atoms. The van der Waals surface area contributed by atoms with Gasteiger partial charge in [-0.25, -0.2) is 0 Å². The second-order valence-corrected chi connectivity index (χ2v) is 5.81. The maximum absolute atomic E-state index is 5.86. The van der Waals surface area contributed by atoms with Gasteiger partial charge in [0, 0.05) is 25.7 Å². The second-order valence-electron chi connectivity index (χ2n) is 5.81. The van der Waals surface area contributed by atoms with Crippen LogP contribution in [0.4, 0.5) is 0 Å². The number of hydrogen-bond donors (Lipinski definition) is 2. The van der Waals surface area contributed by atoms with E-state index in [-0.39, 0.29) is 6.04 Å². The topological polar surface area (TPSA) is 44.5 Å². The lowest BCUT2D eigenvalue weighted by molar-refractivity contribution is 0.0875. The fourth-order valence-electron chi connectivity index (χ4n) is 2.99. The second kappa shape index (κ2) is 6.01. The predicted molar refractivity (Wildman–Crippen MR) is 79.9 cm³/mol. The number of nitrogens with one attached hydrogen (secondary N) is 1. The van der Waals surface area contributed by atoms with Crippen molar-refractivity contribution in [3.05, 3.63) is 34.9 Å². The molecule has 1 saturated heterocycles. The van der Waals surface area contributed by atoms with E-state index < -0.39 is 0 Å². The minimum absolute atomic E-state index is 0.174. The summed E-state index contributed by atoms with van der Waals surface area (Å²) in [5.41, 5.74) is 6.94. The van der Waals surface area contributed by atoms with Crippen LogP contribution in [0.2, 0.25) is 0 Å². The lowest BCUT2D eigenvalue weighted by Crippen LogP contribution is -2.56. The SMILES string of the molecule is Cc1ccc(C(NN)C2CN(C)CCN2C)c(C)c1. The van der Waals surface area contributed by atoms with Gasteiger partial charge < -0.3 is 4.90 Å². The number of aryl methyl sites for hydroxylation is 2. The zero-order chi connectivity index (χ0) is 14.0. The first-order valence-electron chi connectivity index (χ1n) is 6.95. The van der Waals surface area contributed by atoms with Crippen molar-refractivity contribution < 1.29 is 0 Å². The van der Waals surface area contributed by atoms with Crippen LogP contribution in [0.3, 0.4) is 0 Å². The Balaban J connectivity index is 2.27. The molecule has 0 amide bonds. The number of benzene rings is 1. The van der Waals surface area contributed by atoms with Gasteiger partial charge in [0.25, 0.3) is 0 Å². The molecule has 3 N–H and O–H groups in total. The van der Waals surface area contributed by atoms with Crippen molar-refractivity contribution in [3.8, 4) is 0 Å². The Morgan fingerprint density at radius 1 is 1.26 bits per heavy atom. The fraction of sp³-hybridized carbons (Fsp3) is 0.600. The molecule has 1 aliphatic heterocycles. The van der Waals surface area contributed by atoms with Crippen LogP contribution >= 0.6 is 0 Å². The Morgan fingerprint density at radius 2 is 2.00 bits per heavy atom. The molecule has 2 atom stereocenters. The van der Waals surface area contributed by atoms with Crippen LogP contribution in [-0.4, -0.2) is 49.6 Å². The highest BCUT2D eigenvalue weighted by molar-refractivity contribution is 5.33. The monoisotopic (exact) mass is 262 g/mol. The number of rotatable bonds is 3. The lowest BCUT2D eigenvalue weighted by atomic mass is 9.92. The van der Waals surface area contributed by atoms with E-state index in [0.29, 0.717) is 6.04 Å². The van der Waals surface area contributed by atoms with Gasteiger partial charge in [0.2, 0.25) is 0 Å². The molecule has 1 fully saturated rings. The van der Waals surface area contributed by atoms with Gasteiger partial charge >= 0.3 is 0 Å². The van der Waals surface area contributed by atoms with E-state index in [1.165, 1.54) is 16.7 Å². The number of piperazine rings is 1. The summed E-state index contributed by atoms with van der Waals surface area (Å²) in [5, 5.41) is 0. The van der Waals surface area contributed by atoms with Crippen molar-refractivity contribution in [2.24, 2.45) is 5.84 Å². The molecule has 19 heavy (non-hydrogen) atoms. The van der Waals surface area contributed by atoms with Crippen molar-refractivity contribution in [1.82, 2.24) is 15.2 Å². The van der Waals surface area contributed by atoms with Crippen LogP contribution < -0.4 is 11.3 Å². The minimum atomic E-state index is 0.174. The van der Waals surface area contributed by atoms with Crippen molar-refractivity contribution in [2.45, 2.75) is 25.9 Å². The first-order chi connectivity index (χ1) is 9.02. The van der Waals surface area contributed by atoms with Crippen molar-refractivity contribution in [3.63, 3.8) is 0 Å². The Labute approximate surface area is 116 Å². The number of likely N-dealkylation sites (N-methyl/N-ethyl adjacent to an activating group) is 2. The number of nitrogens with zero attached hydrogens (tertiary/aromatic N) is 2. The average Bonchev–Trinajstić information content (AvgIpc) is 2.36. The molecule has 0 bridgehead atoms. The molecular weight excluding hydrogens is 236 g/mol. The smallest absolute Gasteiger partial charge is 0.0630 e. The molecule has 2 unspecified atom stereocenters. The molecule has 0 radical (unpaired) electrons. The molecule has 0 aromatic heterocycles. The van der Waals surface area contributed by atoms with E-state index >= 15 is 0 Å². The van der Waals surface area contributed by atoms with E-state index in [0.717, 1.165) is 19.6 Å². The standard InChI is InChI=1S/C15H26N4/c1-11-5-6-13(12(2)9-11)15(17-16)14-10-18(3)7-8-19(14)4/h5-6,9,14-15,17H,7-8,10,16H2,1-4H3. The normalized spacial score (nSPS) is 23.5. The van der Waals surface area contributed by atoms with Gasteiger partial charge in [0.05, 0.1) is 6.04 Å². The van der Waals surface area contributed by atoms with Crippen LogP contribution in [0.1, 0.15) is 22.7 Å². The summed E-state index contributed by atoms with van der Waals surface area (Å²) in [6, 6.07) is 7.18. The highest BCUT2D eigenvalue weighted by Crippen LogP contribution is 2.25. The Hall–Kier alpha value is -0.940. The summed E-state index contributed by atoms with van der Waals surface area (Å²) in [6.07, 6.45) is 0. The molecule has 1 aromatic carbocycles. The summed E-state index contributed by atoms with van der Waals surface area (Å²) in [4.78, 5) is 4.78. The minimum Gasteiger partial charge on any atom is -0.303 e. The summed E-state index contributed by atoms with van der Waals surface area (Å²) < 4.78 is 0. The number of hydrogen-bond acceptors (Lipinski definition) is 4. The zero-order valence-electron chi connectivity index (χ0n) is 12.5. The molecule has 1 heterocycles. The van der Waals surface area contributed by atoms with Gasteiger partial charge in [-0.2, -0.15) is 0 Å². The van der Waals surface area contributed by atoms with Crippen molar-refractivity contribution in [1.29, 1.82) is 0 Å².